The van der Waals surface area contributed by atoms with Crippen molar-refractivity contribution in [2.75, 3.05) is 5.73 Å². The molecule has 0 fully saturated rings. The summed E-state index contributed by atoms with van der Waals surface area (Å²) in [6.45, 7) is 1.61. The third kappa shape index (κ3) is 1.29. The number of nitrogens with two attached hydrogens (primary N) is 1. The van der Waals surface area contributed by atoms with Crippen molar-refractivity contribution < 1.29 is 4.92 Å². The van der Waals surface area contributed by atoms with Crippen molar-refractivity contribution in [2.45, 2.75) is 6.92 Å². The van der Waals surface area contributed by atoms with Gasteiger partial charge in [-0.1, -0.05) is 6.07 Å². The lowest BCUT2D eigenvalue weighted by Gasteiger charge is -1.97. The van der Waals surface area contributed by atoms with Crippen LogP contribution in [0.4, 0.5) is 11.4 Å². The van der Waals surface area contributed by atoms with Crippen LogP contribution >= 0.6 is 0 Å². The molecule has 0 atom stereocenters. The van der Waals surface area contributed by atoms with Gasteiger partial charge in [-0.25, -0.2) is 0 Å². The average molecular weight is 151 g/mol. The molecule has 0 aliphatic carbocycles. The predicted octanol–water partition coefficient (Wildman–Crippen LogP) is 1.29. The van der Waals surface area contributed by atoms with Crippen LogP contribution in [0, 0.1) is 23.1 Å². The van der Waals surface area contributed by atoms with Crippen LogP contribution in [0.25, 0.3) is 0 Å². The maximum atomic E-state index is 10.3. The molecule has 0 spiro atoms. The lowest BCUT2D eigenvalue weighted by molar-refractivity contribution is -0.384. The Hall–Kier alpha value is -1.58. The van der Waals surface area contributed by atoms with Gasteiger partial charge in [-0.15, -0.1) is 0 Å². The summed E-state index contributed by atoms with van der Waals surface area (Å²) in [7, 11) is 0. The van der Waals surface area contributed by atoms with Crippen molar-refractivity contribution in [3.05, 3.63) is 33.9 Å². The van der Waals surface area contributed by atoms with Crippen LogP contribution in [0.5, 0.6) is 0 Å². The second kappa shape index (κ2) is 2.57. The lowest BCUT2D eigenvalue weighted by Crippen LogP contribution is -1.97. The number of hydrogen-bond acceptors (Lipinski definition) is 3. The van der Waals surface area contributed by atoms with Crippen molar-refractivity contribution in [3.63, 3.8) is 0 Å². The normalized spacial score (nSPS) is 9.55. The molecule has 11 heavy (non-hydrogen) atoms. The van der Waals surface area contributed by atoms with E-state index in [9.17, 15) is 10.1 Å². The van der Waals surface area contributed by atoms with E-state index in [1.807, 2.05) is 0 Å². The summed E-state index contributed by atoms with van der Waals surface area (Å²) < 4.78 is 0. The first-order valence-corrected chi connectivity index (χ1v) is 3.04. The fourth-order valence-electron chi connectivity index (χ4n) is 0.863. The molecule has 0 aliphatic rings. The molecule has 1 aromatic carbocycles. The van der Waals surface area contributed by atoms with Gasteiger partial charge in [0.25, 0.3) is 5.69 Å². The highest BCUT2D eigenvalue weighted by Crippen LogP contribution is 2.23. The lowest BCUT2D eigenvalue weighted by atomic mass is 10.2. The summed E-state index contributed by atoms with van der Waals surface area (Å²) in [6.07, 6.45) is 0. The summed E-state index contributed by atoms with van der Waals surface area (Å²) >= 11 is 0. The van der Waals surface area contributed by atoms with Gasteiger partial charge in [-0.3, -0.25) is 10.1 Å². The van der Waals surface area contributed by atoms with Gasteiger partial charge in [0.15, 0.2) is 0 Å². The Labute approximate surface area is 63.8 Å². The molecule has 4 nitrogen and oxygen atoms in total. The molecule has 0 aliphatic heterocycles. The Bertz CT molecular complexity index is 276. The molecule has 0 bridgehead atoms. The van der Waals surface area contributed by atoms with E-state index in [-0.39, 0.29) is 11.4 Å². The quantitative estimate of drug-likeness (QED) is 0.373. The van der Waals surface area contributed by atoms with Crippen LogP contribution in [0.2, 0.25) is 0 Å². The highest BCUT2D eigenvalue weighted by atomic mass is 16.6. The molecule has 57 valence electrons. The largest absolute Gasteiger partial charge is 0.393 e. The molecule has 2 N–H and O–H groups in total. The van der Waals surface area contributed by atoms with Gasteiger partial charge in [-0.05, 0) is 19.1 Å². The topological polar surface area (TPSA) is 69.2 Å². The number of nitrogen functional groups attached to an aromatic ring is 1. The Morgan fingerprint density at radius 3 is 2.73 bits per heavy atom. The average Bonchev–Trinajstić information content (AvgIpc) is 1.85. The first-order valence-electron chi connectivity index (χ1n) is 3.04. The second-order valence-electron chi connectivity index (χ2n) is 2.16. The minimum absolute atomic E-state index is 0.0486. The first-order chi connectivity index (χ1) is 5.13. The van der Waals surface area contributed by atoms with Gasteiger partial charge in [-0.2, -0.15) is 0 Å². The standard InChI is InChI=1S/C7H7N2O2/c1-5-3-2-4-6(8)7(5)9(10)11/h2,4H,8H2,1H3. The fraction of sp³-hybridized carbons (Fsp3) is 0.143. The molecule has 1 rings (SSSR count). The molecule has 0 heterocycles. The van der Waals surface area contributed by atoms with Gasteiger partial charge in [0.1, 0.15) is 5.69 Å². The molecule has 1 radical (unpaired) electrons. The molecule has 0 saturated carbocycles. The first kappa shape index (κ1) is 7.53. The Morgan fingerprint density at radius 1 is 1.73 bits per heavy atom. The summed E-state index contributed by atoms with van der Waals surface area (Å²) in [4.78, 5) is 9.85. The van der Waals surface area contributed by atoms with E-state index in [1.165, 1.54) is 6.07 Å². The molecule has 0 aromatic heterocycles. The van der Waals surface area contributed by atoms with Crippen LogP contribution in [-0.2, 0) is 0 Å². The molecular weight excluding hydrogens is 144 g/mol. The van der Waals surface area contributed by atoms with Gasteiger partial charge in [0.05, 0.1) is 4.92 Å². The number of nitrogens with zero attached hydrogens (tertiary/aromatic N) is 1. The molecule has 1 aromatic rings. The molecule has 0 saturated heterocycles. The fourth-order valence-corrected chi connectivity index (χ4v) is 0.863. The smallest absolute Gasteiger partial charge is 0.295 e. The van der Waals surface area contributed by atoms with Crippen molar-refractivity contribution in [3.8, 4) is 0 Å². The van der Waals surface area contributed by atoms with E-state index in [0.717, 1.165) is 0 Å². The van der Waals surface area contributed by atoms with Crippen LogP contribution in [-0.4, -0.2) is 4.92 Å². The number of nitro benzene ring substituents is 1. The van der Waals surface area contributed by atoms with Crippen LogP contribution < -0.4 is 5.73 Å². The number of aryl methyl sites for hydroxylation is 1. The zero-order valence-electron chi connectivity index (χ0n) is 6.00. The van der Waals surface area contributed by atoms with Crippen molar-refractivity contribution in [1.82, 2.24) is 0 Å². The maximum absolute atomic E-state index is 10.3. The molecular formula is C7H7N2O2. The summed E-state index contributed by atoms with van der Waals surface area (Å²) in [5, 5.41) is 10.3. The Kier molecular flexibility index (Phi) is 1.76. The summed E-state index contributed by atoms with van der Waals surface area (Å²) in [6, 6.07) is 5.73. The number of anilines is 1. The maximum Gasteiger partial charge on any atom is 0.295 e. The third-order valence-corrected chi connectivity index (χ3v) is 1.37. The van der Waals surface area contributed by atoms with Crippen LogP contribution in [0.15, 0.2) is 12.1 Å². The van der Waals surface area contributed by atoms with E-state index < -0.39 is 4.92 Å². The SMILES string of the molecule is Cc1[c]ccc(N)c1[N+](=O)[O-]. The van der Waals surface area contributed by atoms with Gasteiger partial charge in [0.2, 0.25) is 0 Å². The number of nitro groups is 1. The van der Waals surface area contributed by atoms with Crippen molar-refractivity contribution in [2.24, 2.45) is 0 Å². The van der Waals surface area contributed by atoms with Gasteiger partial charge in [0, 0.05) is 5.56 Å². The number of rotatable bonds is 1. The van der Waals surface area contributed by atoms with E-state index >= 15 is 0 Å². The van der Waals surface area contributed by atoms with Crippen molar-refractivity contribution >= 4 is 11.4 Å². The number of benzene rings is 1. The highest BCUT2D eigenvalue weighted by Gasteiger charge is 2.13. The highest BCUT2D eigenvalue weighted by molar-refractivity contribution is 5.61. The zero-order valence-corrected chi connectivity index (χ0v) is 6.00. The minimum Gasteiger partial charge on any atom is -0.393 e. The summed E-state index contributed by atoms with van der Waals surface area (Å²) in [5.41, 5.74) is 5.97. The third-order valence-electron chi connectivity index (χ3n) is 1.37. The van der Waals surface area contributed by atoms with E-state index in [0.29, 0.717) is 5.56 Å². The molecule has 0 amide bonds. The predicted molar refractivity (Wildman–Crippen MR) is 41.1 cm³/mol. The molecule has 4 heteroatoms. The summed E-state index contributed by atoms with van der Waals surface area (Å²) in [5.74, 6) is 0. The van der Waals surface area contributed by atoms with E-state index in [1.54, 1.807) is 13.0 Å². The van der Waals surface area contributed by atoms with Crippen LogP contribution in [0.3, 0.4) is 0 Å². The van der Waals surface area contributed by atoms with E-state index in [4.69, 9.17) is 5.73 Å². The van der Waals surface area contributed by atoms with Crippen LogP contribution in [0.1, 0.15) is 5.56 Å². The van der Waals surface area contributed by atoms with Gasteiger partial charge < -0.3 is 5.73 Å². The van der Waals surface area contributed by atoms with Crippen molar-refractivity contribution in [1.29, 1.82) is 0 Å². The van der Waals surface area contributed by atoms with Gasteiger partial charge >= 0.3 is 0 Å². The number of hydrogen-bond donors (Lipinski definition) is 1. The zero-order chi connectivity index (χ0) is 8.43. The monoisotopic (exact) mass is 151 g/mol. The molecule has 0 unspecified atom stereocenters. The van der Waals surface area contributed by atoms with E-state index in [2.05, 4.69) is 6.07 Å². The second-order valence-corrected chi connectivity index (χ2v) is 2.16. The minimum atomic E-state index is -0.499. The Balaban J connectivity index is 3.32. The Morgan fingerprint density at radius 2 is 2.36 bits per heavy atom.